The average molecular weight is 437 g/mol. The largest absolute Gasteiger partial charge is 0.342 e. The van der Waals surface area contributed by atoms with Crippen LogP contribution in [0.2, 0.25) is 0 Å². The molecule has 1 atom stereocenters. The van der Waals surface area contributed by atoms with Crippen LogP contribution in [0, 0.1) is 20.8 Å². The molecule has 170 valence electrons. The number of para-hydroxylation sites is 1. The molecule has 3 aromatic rings. The fourth-order valence-corrected chi connectivity index (χ4v) is 6.08. The Morgan fingerprint density at radius 1 is 0.636 bits per heavy atom. The molecular weight excluding hydrogens is 400 g/mol. The van der Waals surface area contributed by atoms with E-state index < -0.39 is 0 Å². The van der Waals surface area contributed by atoms with E-state index in [-0.39, 0.29) is 6.17 Å². The van der Waals surface area contributed by atoms with E-state index in [2.05, 4.69) is 110 Å². The van der Waals surface area contributed by atoms with Crippen LogP contribution in [0.25, 0.3) is 5.70 Å². The van der Waals surface area contributed by atoms with Gasteiger partial charge in [-0.15, -0.1) is 0 Å². The van der Waals surface area contributed by atoms with Gasteiger partial charge in [-0.2, -0.15) is 0 Å². The second kappa shape index (κ2) is 9.09. The third-order valence-corrected chi connectivity index (χ3v) is 7.66. The van der Waals surface area contributed by atoms with Crippen molar-refractivity contribution in [3.05, 3.63) is 106 Å². The summed E-state index contributed by atoms with van der Waals surface area (Å²) < 4.78 is 0. The predicted octanol–water partition coefficient (Wildman–Crippen LogP) is 8.15. The van der Waals surface area contributed by atoms with Gasteiger partial charge in [-0.3, -0.25) is 0 Å². The highest BCUT2D eigenvalue weighted by atomic mass is 15.4. The molecule has 0 saturated heterocycles. The number of rotatable bonds is 4. The Kier molecular flexibility index (Phi) is 6.01. The first kappa shape index (κ1) is 21.8. The van der Waals surface area contributed by atoms with Crippen molar-refractivity contribution in [1.29, 1.82) is 0 Å². The van der Waals surface area contributed by atoms with Crippen molar-refractivity contribution in [2.75, 3.05) is 4.90 Å². The maximum atomic E-state index is 2.80. The maximum Gasteiger partial charge on any atom is 0.133 e. The first-order valence-corrected chi connectivity index (χ1v) is 12.5. The van der Waals surface area contributed by atoms with Crippen molar-refractivity contribution in [1.82, 2.24) is 4.90 Å². The van der Waals surface area contributed by atoms with Gasteiger partial charge in [0.2, 0.25) is 0 Å². The highest BCUT2D eigenvalue weighted by Gasteiger charge is 2.43. The van der Waals surface area contributed by atoms with E-state index in [1.165, 1.54) is 77.0 Å². The fourth-order valence-electron chi connectivity index (χ4n) is 6.08. The topological polar surface area (TPSA) is 6.48 Å². The minimum atomic E-state index is 0.172. The zero-order valence-electron chi connectivity index (χ0n) is 20.5. The minimum absolute atomic E-state index is 0.172. The van der Waals surface area contributed by atoms with Crippen molar-refractivity contribution in [2.45, 2.75) is 72.0 Å². The molecule has 3 aromatic carbocycles. The summed E-state index contributed by atoms with van der Waals surface area (Å²) in [6.45, 7) is 9.15. The van der Waals surface area contributed by atoms with Gasteiger partial charge in [0.1, 0.15) is 6.17 Å². The SMILES string of the molecule is CC1=C(c2ccccc2)N(C2CCCCC2)C(c2c(C)cccc2C)N1c1ccccc1C. The molecule has 2 nitrogen and oxygen atoms in total. The smallest absolute Gasteiger partial charge is 0.133 e. The van der Waals surface area contributed by atoms with Crippen molar-refractivity contribution in [3.8, 4) is 0 Å². The molecule has 1 aliphatic heterocycles. The summed E-state index contributed by atoms with van der Waals surface area (Å²) in [7, 11) is 0. The second-order valence-electron chi connectivity index (χ2n) is 9.83. The van der Waals surface area contributed by atoms with E-state index in [9.17, 15) is 0 Å². The molecule has 0 radical (unpaired) electrons. The minimum Gasteiger partial charge on any atom is -0.342 e. The van der Waals surface area contributed by atoms with Crippen molar-refractivity contribution < 1.29 is 0 Å². The number of aryl methyl sites for hydroxylation is 3. The Morgan fingerprint density at radius 3 is 1.91 bits per heavy atom. The molecule has 33 heavy (non-hydrogen) atoms. The number of hydrogen-bond acceptors (Lipinski definition) is 2. The zero-order valence-corrected chi connectivity index (χ0v) is 20.5. The molecule has 1 aliphatic carbocycles. The molecule has 0 aromatic heterocycles. The summed E-state index contributed by atoms with van der Waals surface area (Å²) in [6, 6.07) is 27.3. The Morgan fingerprint density at radius 2 is 1.24 bits per heavy atom. The number of hydrogen-bond donors (Lipinski definition) is 0. The fraction of sp³-hybridized carbons (Fsp3) is 0.355. The van der Waals surface area contributed by atoms with Crippen LogP contribution in [0.1, 0.15) is 73.0 Å². The molecule has 0 bridgehead atoms. The standard InChI is InChI=1S/C31H36N2/c1-22-14-11-12-21-28(22)32-25(4)30(26-17-7-5-8-18-26)33(27-19-9-6-10-20-27)31(32)29-23(2)15-13-16-24(29)3/h5,7-8,11-18,21,27,31H,6,9-10,19-20H2,1-4H3. The van der Waals surface area contributed by atoms with Crippen LogP contribution in [0.3, 0.4) is 0 Å². The quantitative estimate of drug-likeness (QED) is 0.407. The van der Waals surface area contributed by atoms with Crippen LogP contribution in [0.4, 0.5) is 5.69 Å². The predicted molar refractivity (Wildman–Crippen MR) is 140 cm³/mol. The lowest BCUT2D eigenvalue weighted by molar-refractivity contribution is 0.189. The van der Waals surface area contributed by atoms with Gasteiger partial charge in [-0.25, -0.2) is 0 Å². The van der Waals surface area contributed by atoms with E-state index in [4.69, 9.17) is 0 Å². The highest BCUT2D eigenvalue weighted by Crippen LogP contribution is 2.50. The lowest BCUT2D eigenvalue weighted by Crippen LogP contribution is -2.41. The van der Waals surface area contributed by atoms with Gasteiger partial charge in [-0.05, 0) is 68.9 Å². The van der Waals surface area contributed by atoms with Gasteiger partial charge in [0.15, 0.2) is 0 Å². The molecule has 2 aliphatic rings. The molecule has 0 spiro atoms. The van der Waals surface area contributed by atoms with Crippen LogP contribution >= 0.6 is 0 Å². The third kappa shape index (κ3) is 3.86. The Labute approximate surface area is 199 Å². The van der Waals surface area contributed by atoms with E-state index in [1.807, 2.05) is 0 Å². The molecular formula is C31H36N2. The molecule has 1 heterocycles. The van der Waals surface area contributed by atoms with E-state index in [1.54, 1.807) is 0 Å². The molecule has 1 unspecified atom stereocenters. The Bertz CT molecular complexity index is 1130. The van der Waals surface area contributed by atoms with Crippen molar-refractivity contribution in [2.24, 2.45) is 0 Å². The van der Waals surface area contributed by atoms with Crippen LogP contribution < -0.4 is 4.90 Å². The molecule has 0 amide bonds. The lowest BCUT2D eigenvalue weighted by atomic mass is 9.91. The summed E-state index contributed by atoms with van der Waals surface area (Å²) in [5.74, 6) is 0. The number of allylic oxidation sites excluding steroid dienone is 1. The second-order valence-corrected chi connectivity index (χ2v) is 9.83. The zero-order chi connectivity index (χ0) is 22.9. The number of anilines is 1. The van der Waals surface area contributed by atoms with Crippen molar-refractivity contribution >= 4 is 11.4 Å². The first-order chi connectivity index (χ1) is 16.1. The molecule has 5 rings (SSSR count). The molecule has 2 heteroatoms. The van der Waals surface area contributed by atoms with Crippen LogP contribution in [-0.2, 0) is 0 Å². The van der Waals surface area contributed by atoms with Gasteiger partial charge in [0.05, 0.1) is 5.70 Å². The summed E-state index contributed by atoms with van der Waals surface area (Å²) in [5.41, 5.74) is 10.9. The number of nitrogens with zero attached hydrogens (tertiary/aromatic N) is 2. The molecule has 0 N–H and O–H groups in total. The van der Waals surface area contributed by atoms with Crippen LogP contribution in [0.5, 0.6) is 0 Å². The normalized spacial score (nSPS) is 19.5. The third-order valence-electron chi connectivity index (χ3n) is 7.66. The summed E-state index contributed by atoms with van der Waals surface area (Å²) in [5, 5.41) is 0. The monoisotopic (exact) mass is 436 g/mol. The van der Waals surface area contributed by atoms with Gasteiger partial charge >= 0.3 is 0 Å². The lowest BCUT2D eigenvalue weighted by Gasteiger charge is -2.43. The summed E-state index contributed by atoms with van der Waals surface area (Å²) >= 11 is 0. The van der Waals surface area contributed by atoms with Gasteiger partial charge in [0, 0.05) is 23.0 Å². The summed E-state index contributed by atoms with van der Waals surface area (Å²) in [6.07, 6.45) is 6.73. The van der Waals surface area contributed by atoms with Gasteiger partial charge in [0.25, 0.3) is 0 Å². The van der Waals surface area contributed by atoms with E-state index >= 15 is 0 Å². The highest BCUT2D eigenvalue weighted by molar-refractivity contribution is 5.78. The maximum absolute atomic E-state index is 2.80. The Hall–Kier alpha value is -3.00. The van der Waals surface area contributed by atoms with Gasteiger partial charge in [-0.1, -0.05) is 86.0 Å². The van der Waals surface area contributed by atoms with E-state index in [0.717, 1.165) is 0 Å². The van der Waals surface area contributed by atoms with Crippen molar-refractivity contribution in [3.63, 3.8) is 0 Å². The van der Waals surface area contributed by atoms with Gasteiger partial charge < -0.3 is 9.80 Å². The van der Waals surface area contributed by atoms with Crippen LogP contribution in [-0.4, -0.2) is 10.9 Å². The molecule has 1 saturated carbocycles. The van der Waals surface area contributed by atoms with Crippen LogP contribution in [0.15, 0.2) is 78.5 Å². The van der Waals surface area contributed by atoms with E-state index in [0.29, 0.717) is 6.04 Å². The summed E-state index contributed by atoms with van der Waals surface area (Å²) in [4.78, 5) is 5.42. The average Bonchev–Trinajstić information content (AvgIpc) is 3.13. The first-order valence-electron chi connectivity index (χ1n) is 12.5. The Balaban J connectivity index is 1.78. The molecule has 1 fully saturated rings. The number of benzene rings is 3.